The SMILES string of the molecule is CNC(C)(CCCN1CCN(CC(F)(F)F)CC1)C(=O)O. The second-order valence-corrected chi connectivity index (χ2v) is 5.72. The third-order valence-electron chi connectivity index (χ3n) is 4.04. The fraction of sp³-hybridized carbons (Fsp3) is 0.923. The van der Waals surface area contributed by atoms with E-state index in [9.17, 15) is 18.0 Å². The Balaban J connectivity index is 2.26. The van der Waals surface area contributed by atoms with Crippen LogP contribution in [0.5, 0.6) is 0 Å². The van der Waals surface area contributed by atoms with Crippen molar-refractivity contribution >= 4 is 5.97 Å². The number of rotatable bonds is 7. The average molecular weight is 311 g/mol. The van der Waals surface area contributed by atoms with Crippen molar-refractivity contribution in [2.75, 3.05) is 46.3 Å². The van der Waals surface area contributed by atoms with Gasteiger partial charge in [-0.3, -0.25) is 9.69 Å². The van der Waals surface area contributed by atoms with Gasteiger partial charge in [0.05, 0.1) is 6.54 Å². The summed E-state index contributed by atoms with van der Waals surface area (Å²) >= 11 is 0. The molecule has 0 spiro atoms. The Morgan fingerprint density at radius 1 is 1.19 bits per heavy atom. The highest BCUT2D eigenvalue weighted by Crippen LogP contribution is 2.18. The molecule has 8 heteroatoms. The number of hydrogen-bond donors (Lipinski definition) is 2. The summed E-state index contributed by atoms with van der Waals surface area (Å²) in [4.78, 5) is 14.6. The van der Waals surface area contributed by atoms with Crippen molar-refractivity contribution in [2.24, 2.45) is 0 Å². The molecule has 1 saturated heterocycles. The van der Waals surface area contributed by atoms with Gasteiger partial charge in [0.15, 0.2) is 0 Å². The Morgan fingerprint density at radius 2 is 1.71 bits per heavy atom. The molecular formula is C13H24F3N3O2. The normalized spacial score (nSPS) is 21.2. The molecule has 0 saturated carbocycles. The molecule has 0 aliphatic carbocycles. The average Bonchev–Trinajstić information content (AvgIpc) is 2.38. The van der Waals surface area contributed by atoms with Crippen LogP contribution in [0.25, 0.3) is 0 Å². The number of likely N-dealkylation sites (N-methyl/N-ethyl adjacent to an activating group) is 1. The van der Waals surface area contributed by atoms with Crippen molar-refractivity contribution < 1.29 is 23.1 Å². The lowest BCUT2D eigenvalue weighted by Gasteiger charge is -2.35. The number of hydrogen-bond acceptors (Lipinski definition) is 4. The molecule has 0 aromatic carbocycles. The Bertz CT molecular complexity index is 344. The van der Waals surface area contributed by atoms with E-state index in [1.54, 1.807) is 14.0 Å². The number of halogens is 3. The van der Waals surface area contributed by atoms with Gasteiger partial charge in [0.1, 0.15) is 5.54 Å². The molecule has 5 nitrogen and oxygen atoms in total. The predicted octanol–water partition coefficient (Wildman–Crippen LogP) is 1.01. The number of alkyl halides is 3. The highest BCUT2D eigenvalue weighted by atomic mass is 19.4. The Morgan fingerprint density at radius 3 is 2.14 bits per heavy atom. The molecule has 1 unspecified atom stereocenters. The van der Waals surface area contributed by atoms with E-state index < -0.39 is 24.2 Å². The molecule has 0 amide bonds. The molecule has 0 radical (unpaired) electrons. The van der Waals surface area contributed by atoms with Crippen LogP contribution in [-0.4, -0.2) is 78.9 Å². The molecule has 2 N–H and O–H groups in total. The van der Waals surface area contributed by atoms with Gasteiger partial charge in [0.2, 0.25) is 0 Å². The molecule has 124 valence electrons. The van der Waals surface area contributed by atoms with Gasteiger partial charge in [-0.1, -0.05) is 0 Å². The summed E-state index contributed by atoms with van der Waals surface area (Å²) in [5.41, 5.74) is -0.946. The number of piperazine rings is 1. The fourth-order valence-electron chi connectivity index (χ4n) is 2.42. The molecule has 0 bridgehead atoms. The van der Waals surface area contributed by atoms with E-state index in [0.717, 1.165) is 0 Å². The maximum atomic E-state index is 12.3. The molecule has 1 rings (SSSR count). The number of nitrogens with zero attached hydrogens (tertiary/aromatic N) is 2. The lowest BCUT2D eigenvalue weighted by atomic mass is 9.96. The summed E-state index contributed by atoms with van der Waals surface area (Å²) in [6, 6.07) is 0. The van der Waals surface area contributed by atoms with Crippen LogP contribution >= 0.6 is 0 Å². The maximum absolute atomic E-state index is 12.3. The summed E-state index contributed by atoms with van der Waals surface area (Å²) in [6.07, 6.45) is -2.96. The molecule has 21 heavy (non-hydrogen) atoms. The maximum Gasteiger partial charge on any atom is 0.401 e. The van der Waals surface area contributed by atoms with Gasteiger partial charge in [-0.2, -0.15) is 13.2 Å². The van der Waals surface area contributed by atoms with Crippen molar-refractivity contribution in [3.05, 3.63) is 0 Å². The van der Waals surface area contributed by atoms with E-state index in [1.807, 2.05) is 0 Å². The molecule has 1 fully saturated rings. The van der Waals surface area contributed by atoms with Crippen molar-refractivity contribution in [1.29, 1.82) is 0 Å². The third kappa shape index (κ3) is 6.19. The first-order valence-electron chi connectivity index (χ1n) is 7.10. The Labute approximate surface area is 123 Å². The number of aliphatic carboxylic acids is 1. The lowest BCUT2D eigenvalue weighted by molar-refractivity contribution is -0.149. The van der Waals surface area contributed by atoms with Gasteiger partial charge in [0.25, 0.3) is 0 Å². The van der Waals surface area contributed by atoms with Crippen LogP contribution in [0.3, 0.4) is 0 Å². The van der Waals surface area contributed by atoms with E-state index in [4.69, 9.17) is 5.11 Å². The van der Waals surface area contributed by atoms with Gasteiger partial charge in [-0.25, -0.2) is 0 Å². The lowest BCUT2D eigenvalue weighted by Crippen LogP contribution is -2.50. The fourth-order valence-corrected chi connectivity index (χ4v) is 2.42. The summed E-state index contributed by atoms with van der Waals surface area (Å²) in [7, 11) is 1.62. The molecule has 1 aliphatic rings. The second-order valence-electron chi connectivity index (χ2n) is 5.72. The van der Waals surface area contributed by atoms with Gasteiger partial charge < -0.3 is 15.3 Å². The second kappa shape index (κ2) is 7.42. The minimum atomic E-state index is -4.14. The number of carboxylic acid groups (broad SMARTS) is 1. The van der Waals surface area contributed by atoms with E-state index >= 15 is 0 Å². The number of carboxylic acids is 1. The largest absolute Gasteiger partial charge is 0.480 e. The summed E-state index contributed by atoms with van der Waals surface area (Å²) in [6.45, 7) is 3.50. The first-order valence-corrected chi connectivity index (χ1v) is 7.10. The number of carbonyl (C=O) groups is 1. The third-order valence-corrected chi connectivity index (χ3v) is 4.04. The topological polar surface area (TPSA) is 55.8 Å². The van der Waals surface area contributed by atoms with Crippen LogP contribution in [0.15, 0.2) is 0 Å². The van der Waals surface area contributed by atoms with Gasteiger partial charge >= 0.3 is 12.1 Å². The molecule has 0 aromatic rings. The van der Waals surface area contributed by atoms with Crippen LogP contribution in [0.2, 0.25) is 0 Å². The van der Waals surface area contributed by atoms with E-state index in [1.165, 1.54) is 4.90 Å². The minimum Gasteiger partial charge on any atom is -0.480 e. The van der Waals surface area contributed by atoms with E-state index in [0.29, 0.717) is 45.6 Å². The summed E-state index contributed by atoms with van der Waals surface area (Å²) < 4.78 is 36.8. The number of nitrogens with one attached hydrogen (secondary N) is 1. The van der Waals surface area contributed by atoms with Crippen molar-refractivity contribution in [1.82, 2.24) is 15.1 Å². The molecular weight excluding hydrogens is 287 g/mol. The van der Waals surface area contributed by atoms with Gasteiger partial charge in [-0.15, -0.1) is 0 Å². The Kier molecular flexibility index (Phi) is 6.42. The Hall–Kier alpha value is -0.860. The van der Waals surface area contributed by atoms with Gasteiger partial charge in [0, 0.05) is 26.2 Å². The smallest absolute Gasteiger partial charge is 0.401 e. The highest BCUT2D eigenvalue weighted by molar-refractivity contribution is 5.78. The van der Waals surface area contributed by atoms with Crippen LogP contribution in [-0.2, 0) is 4.79 Å². The van der Waals surface area contributed by atoms with Crippen LogP contribution < -0.4 is 5.32 Å². The molecule has 0 aromatic heterocycles. The van der Waals surface area contributed by atoms with Crippen LogP contribution in [0, 0.1) is 0 Å². The standard InChI is InChI=1S/C13H24F3N3O2/c1-12(17-2,11(20)21)4-3-5-18-6-8-19(9-7-18)10-13(14,15)16/h17H,3-10H2,1-2H3,(H,20,21). The zero-order chi connectivity index (χ0) is 16.1. The van der Waals surface area contributed by atoms with Crippen molar-refractivity contribution in [3.8, 4) is 0 Å². The zero-order valence-corrected chi connectivity index (χ0v) is 12.5. The molecule has 1 heterocycles. The summed E-state index contributed by atoms with van der Waals surface area (Å²) in [5, 5.41) is 11.9. The van der Waals surface area contributed by atoms with Crippen molar-refractivity contribution in [3.63, 3.8) is 0 Å². The van der Waals surface area contributed by atoms with Gasteiger partial charge in [-0.05, 0) is 33.4 Å². The van der Waals surface area contributed by atoms with Crippen LogP contribution in [0.4, 0.5) is 13.2 Å². The van der Waals surface area contributed by atoms with E-state index in [2.05, 4.69) is 10.2 Å². The summed E-state index contributed by atoms with van der Waals surface area (Å²) in [5.74, 6) is -0.889. The predicted molar refractivity (Wildman–Crippen MR) is 73.3 cm³/mol. The zero-order valence-electron chi connectivity index (χ0n) is 12.5. The molecule has 1 atom stereocenters. The van der Waals surface area contributed by atoms with E-state index in [-0.39, 0.29) is 0 Å². The van der Waals surface area contributed by atoms with Crippen molar-refractivity contribution in [2.45, 2.75) is 31.5 Å². The molecule has 1 aliphatic heterocycles. The quantitative estimate of drug-likeness (QED) is 0.735. The monoisotopic (exact) mass is 311 g/mol. The first kappa shape index (κ1) is 18.2. The highest BCUT2D eigenvalue weighted by Gasteiger charge is 2.33. The first-order chi connectivity index (χ1) is 9.66. The van der Waals surface area contributed by atoms with Crippen LogP contribution in [0.1, 0.15) is 19.8 Å². The minimum absolute atomic E-state index is 0.405.